The zero-order chi connectivity index (χ0) is 12.5. The van der Waals surface area contributed by atoms with E-state index in [0.717, 1.165) is 32.4 Å². The van der Waals surface area contributed by atoms with E-state index in [1.807, 2.05) is 6.07 Å². The predicted molar refractivity (Wildman–Crippen MR) is 69.5 cm³/mol. The number of aliphatic carboxylic acids is 1. The van der Waals surface area contributed by atoms with E-state index in [9.17, 15) is 9.90 Å². The summed E-state index contributed by atoms with van der Waals surface area (Å²) in [5.74, 6) is 0.273. The molecule has 2 aliphatic rings. The van der Waals surface area contributed by atoms with Crippen LogP contribution in [0.5, 0.6) is 0 Å². The predicted octanol–water partition coefficient (Wildman–Crippen LogP) is 2.34. The van der Waals surface area contributed by atoms with E-state index in [1.54, 1.807) is 0 Å². The van der Waals surface area contributed by atoms with Crippen LogP contribution >= 0.6 is 0 Å². The van der Waals surface area contributed by atoms with E-state index in [1.165, 1.54) is 5.56 Å². The molecule has 0 radical (unpaired) electrons. The van der Waals surface area contributed by atoms with Gasteiger partial charge < -0.3 is 5.11 Å². The molecule has 1 heterocycles. The SMILES string of the molecule is O=C(O)C(C1CC1)N1CCC(c2ccccc2)C1. The summed E-state index contributed by atoms with van der Waals surface area (Å²) in [4.78, 5) is 13.5. The lowest BCUT2D eigenvalue weighted by Crippen LogP contribution is -2.41. The Labute approximate surface area is 107 Å². The van der Waals surface area contributed by atoms with Crippen molar-refractivity contribution in [3.8, 4) is 0 Å². The smallest absolute Gasteiger partial charge is 0.321 e. The normalized spacial score (nSPS) is 26.1. The average molecular weight is 245 g/mol. The van der Waals surface area contributed by atoms with Gasteiger partial charge in [-0.2, -0.15) is 0 Å². The highest BCUT2D eigenvalue weighted by atomic mass is 16.4. The second kappa shape index (κ2) is 4.73. The van der Waals surface area contributed by atoms with Gasteiger partial charge in [0.25, 0.3) is 0 Å². The molecular weight excluding hydrogens is 226 g/mol. The lowest BCUT2D eigenvalue weighted by atomic mass is 9.99. The average Bonchev–Trinajstić information content (AvgIpc) is 3.07. The Morgan fingerprint density at radius 3 is 2.56 bits per heavy atom. The van der Waals surface area contributed by atoms with Crippen LogP contribution in [0.4, 0.5) is 0 Å². The minimum Gasteiger partial charge on any atom is -0.480 e. The summed E-state index contributed by atoms with van der Waals surface area (Å²) in [7, 11) is 0. The molecule has 3 rings (SSSR count). The largest absolute Gasteiger partial charge is 0.480 e. The number of nitrogens with zero attached hydrogens (tertiary/aromatic N) is 1. The number of benzene rings is 1. The van der Waals surface area contributed by atoms with Crippen LogP contribution < -0.4 is 0 Å². The molecule has 0 amide bonds. The van der Waals surface area contributed by atoms with Gasteiger partial charge in [0.15, 0.2) is 0 Å². The molecule has 2 unspecified atom stereocenters. The number of rotatable bonds is 4. The van der Waals surface area contributed by atoms with Gasteiger partial charge in [0.05, 0.1) is 0 Å². The van der Waals surface area contributed by atoms with Crippen molar-refractivity contribution < 1.29 is 9.90 Å². The first-order valence-corrected chi connectivity index (χ1v) is 6.77. The molecule has 1 aliphatic heterocycles. The van der Waals surface area contributed by atoms with Crippen molar-refractivity contribution in [3.63, 3.8) is 0 Å². The summed E-state index contributed by atoms with van der Waals surface area (Å²) in [5.41, 5.74) is 1.35. The third-order valence-electron chi connectivity index (χ3n) is 4.21. The van der Waals surface area contributed by atoms with Crippen LogP contribution in [0.1, 0.15) is 30.7 Å². The van der Waals surface area contributed by atoms with Crippen molar-refractivity contribution >= 4 is 5.97 Å². The maximum Gasteiger partial charge on any atom is 0.321 e. The highest BCUT2D eigenvalue weighted by molar-refractivity contribution is 5.74. The zero-order valence-corrected chi connectivity index (χ0v) is 10.5. The van der Waals surface area contributed by atoms with Gasteiger partial charge in [0.1, 0.15) is 6.04 Å². The van der Waals surface area contributed by atoms with Gasteiger partial charge in [0, 0.05) is 6.54 Å². The lowest BCUT2D eigenvalue weighted by Gasteiger charge is -2.24. The minimum atomic E-state index is -0.633. The molecule has 1 saturated heterocycles. The van der Waals surface area contributed by atoms with Crippen LogP contribution in [0.2, 0.25) is 0 Å². The molecule has 2 fully saturated rings. The zero-order valence-electron chi connectivity index (χ0n) is 10.5. The van der Waals surface area contributed by atoms with Crippen molar-refractivity contribution in [2.24, 2.45) is 5.92 Å². The fourth-order valence-corrected chi connectivity index (χ4v) is 3.11. The first-order chi connectivity index (χ1) is 8.75. The highest BCUT2D eigenvalue weighted by Gasteiger charge is 2.42. The number of carboxylic acids is 1. The standard InChI is InChI=1S/C15H19NO2/c17-15(18)14(12-6-7-12)16-9-8-13(10-16)11-4-2-1-3-5-11/h1-5,12-14H,6-10H2,(H,17,18). The lowest BCUT2D eigenvalue weighted by molar-refractivity contribution is -0.143. The molecule has 3 heteroatoms. The van der Waals surface area contributed by atoms with Gasteiger partial charge in [-0.1, -0.05) is 30.3 Å². The maximum atomic E-state index is 11.4. The number of hydrogen-bond donors (Lipinski definition) is 1. The van der Waals surface area contributed by atoms with Crippen molar-refractivity contribution in [1.82, 2.24) is 4.90 Å². The van der Waals surface area contributed by atoms with Crippen LogP contribution in [-0.2, 0) is 4.79 Å². The topological polar surface area (TPSA) is 40.5 Å². The maximum absolute atomic E-state index is 11.4. The Kier molecular flexibility index (Phi) is 3.08. The molecule has 96 valence electrons. The molecule has 1 N–H and O–H groups in total. The van der Waals surface area contributed by atoms with E-state index in [-0.39, 0.29) is 6.04 Å². The number of likely N-dealkylation sites (tertiary alicyclic amines) is 1. The second-order valence-corrected chi connectivity index (χ2v) is 5.51. The van der Waals surface area contributed by atoms with Gasteiger partial charge in [-0.3, -0.25) is 9.69 Å². The van der Waals surface area contributed by atoms with Crippen LogP contribution in [0.15, 0.2) is 30.3 Å². The quantitative estimate of drug-likeness (QED) is 0.885. The van der Waals surface area contributed by atoms with Gasteiger partial charge in [0.2, 0.25) is 0 Å². The van der Waals surface area contributed by atoms with E-state index in [4.69, 9.17) is 0 Å². The van der Waals surface area contributed by atoms with Crippen molar-refractivity contribution in [3.05, 3.63) is 35.9 Å². The minimum absolute atomic E-state index is 0.237. The van der Waals surface area contributed by atoms with E-state index in [2.05, 4.69) is 29.2 Å². The van der Waals surface area contributed by atoms with Gasteiger partial charge >= 0.3 is 5.97 Å². The summed E-state index contributed by atoms with van der Waals surface area (Å²) in [6.45, 7) is 1.82. The molecule has 18 heavy (non-hydrogen) atoms. The second-order valence-electron chi connectivity index (χ2n) is 5.51. The fraction of sp³-hybridized carbons (Fsp3) is 0.533. The van der Waals surface area contributed by atoms with Crippen molar-refractivity contribution in [1.29, 1.82) is 0 Å². The van der Waals surface area contributed by atoms with Gasteiger partial charge in [-0.15, -0.1) is 0 Å². The van der Waals surface area contributed by atoms with E-state index >= 15 is 0 Å². The Morgan fingerprint density at radius 2 is 1.94 bits per heavy atom. The van der Waals surface area contributed by atoms with Crippen LogP contribution in [0.25, 0.3) is 0 Å². The van der Waals surface area contributed by atoms with E-state index in [0.29, 0.717) is 11.8 Å². The molecule has 1 aromatic rings. The highest BCUT2D eigenvalue weighted by Crippen LogP contribution is 2.38. The molecule has 2 atom stereocenters. The van der Waals surface area contributed by atoms with Crippen LogP contribution in [0, 0.1) is 5.92 Å². The number of carboxylic acid groups (broad SMARTS) is 1. The first-order valence-electron chi connectivity index (χ1n) is 6.77. The summed E-state index contributed by atoms with van der Waals surface area (Å²) in [6, 6.07) is 10.2. The monoisotopic (exact) mass is 245 g/mol. The molecule has 3 nitrogen and oxygen atoms in total. The van der Waals surface area contributed by atoms with Gasteiger partial charge in [-0.25, -0.2) is 0 Å². The molecule has 0 spiro atoms. The third kappa shape index (κ3) is 2.27. The molecule has 1 aromatic carbocycles. The van der Waals surface area contributed by atoms with Crippen LogP contribution in [-0.4, -0.2) is 35.1 Å². The molecule has 0 aromatic heterocycles. The third-order valence-corrected chi connectivity index (χ3v) is 4.21. The summed E-state index contributed by atoms with van der Waals surface area (Å²) < 4.78 is 0. The van der Waals surface area contributed by atoms with Crippen LogP contribution in [0.3, 0.4) is 0 Å². The van der Waals surface area contributed by atoms with Crippen molar-refractivity contribution in [2.45, 2.75) is 31.2 Å². The Morgan fingerprint density at radius 1 is 1.22 bits per heavy atom. The van der Waals surface area contributed by atoms with Crippen molar-refractivity contribution in [2.75, 3.05) is 13.1 Å². The molecule has 1 aliphatic carbocycles. The number of carbonyl (C=O) groups is 1. The Hall–Kier alpha value is -1.35. The molecular formula is C15H19NO2. The van der Waals surface area contributed by atoms with Gasteiger partial charge in [-0.05, 0) is 43.2 Å². The summed E-state index contributed by atoms with van der Waals surface area (Å²) in [6.07, 6.45) is 3.26. The Bertz CT molecular complexity index is 427. The van der Waals surface area contributed by atoms with E-state index < -0.39 is 5.97 Å². The number of hydrogen-bond acceptors (Lipinski definition) is 2. The summed E-state index contributed by atoms with van der Waals surface area (Å²) >= 11 is 0. The summed E-state index contributed by atoms with van der Waals surface area (Å²) in [5, 5.41) is 9.36. The fourth-order valence-electron chi connectivity index (χ4n) is 3.11. The molecule has 1 saturated carbocycles. The first kappa shape index (κ1) is 11.7. The Balaban J connectivity index is 1.69. The molecule has 0 bridgehead atoms.